The predicted molar refractivity (Wildman–Crippen MR) is 30.0 cm³/mol. The van der Waals surface area contributed by atoms with Gasteiger partial charge in [-0.2, -0.15) is 17.7 Å². The normalized spacial score (nSPS) is 8.22. The molecule has 0 aliphatic carbocycles. The first-order chi connectivity index (χ1) is 3.79. The Kier molecular flexibility index (Phi) is 3.64. The van der Waals surface area contributed by atoms with Crippen LogP contribution in [0.3, 0.4) is 0 Å². The first-order valence-corrected chi connectivity index (χ1v) is 2.43. The van der Waals surface area contributed by atoms with E-state index >= 15 is 0 Å². The minimum atomic E-state index is -0.287. The van der Waals surface area contributed by atoms with E-state index in [4.69, 9.17) is 0 Å². The zero-order chi connectivity index (χ0) is 5.98. The van der Waals surface area contributed by atoms with E-state index in [1.54, 1.807) is 6.07 Å². The average molecular weight is 175 g/mol. The van der Waals surface area contributed by atoms with Gasteiger partial charge in [-0.05, 0) is 0 Å². The van der Waals surface area contributed by atoms with E-state index in [0.717, 1.165) is 5.56 Å². The average Bonchev–Trinajstić information content (AvgIpc) is 1.64. The maximum Gasteiger partial charge on any atom is 0.0111 e. The molecule has 1 aromatic rings. The molecule has 0 heterocycles. The molecule has 0 amide bonds. The molecular formula is C7H6FZn-. The quantitative estimate of drug-likeness (QED) is 0.417. The Morgan fingerprint density at radius 1 is 1.56 bits per heavy atom. The molecule has 2 heteroatoms. The van der Waals surface area contributed by atoms with Crippen molar-refractivity contribution in [2.75, 3.05) is 0 Å². The van der Waals surface area contributed by atoms with Crippen molar-refractivity contribution in [1.29, 1.82) is 0 Å². The minimum Gasteiger partial charge on any atom is -0.236 e. The molecule has 0 spiro atoms. The number of hydrogen-bond donors (Lipinski definition) is 0. The largest absolute Gasteiger partial charge is 0.236 e. The van der Waals surface area contributed by atoms with E-state index < -0.39 is 0 Å². The molecule has 0 unspecified atom stereocenters. The van der Waals surface area contributed by atoms with Crippen LogP contribution in [-0.4, -0.2) is 0 Å². The predicted octanol–water partition coefficient (Wildman–Crippen LogP) is 1.93. The first kappa shape index (κ1) is 8.77. The molecule has 0 atom stereocenters. The van der Waals surface area contributed by atoms with Gasteiger partial charge in [0.25, 0.3) is 0 Å². The summed E-state index contributed by atoms with van der Waals surface area (Å²) in [6, 6.07) is 7.23. The van der Waals surface area contributed by atoms with Gasteiger partial charge < -0.3 is 0 Å². The molecule has 0 N–H and O–H groups in total. The summed E-state index contributed by atoms with van der Waals surface area (Å²) in [5.41, 5.74) is 0.932. The van der Waals surface area contributed by atoms with E-state index in [-0.39, 0.29) is 25.3 Å². The third-order valence-corrected chi connectivity index (χ3v) is 0.922. The second kappa shape index (κ2) is 3.73. The number of aryl methyl sites for hydroxylation is 1. The summed E-state index contributed by atoms with van der Waals surface area (Å²) < 4.78 is 12.1. The molecule has 0 bridgehead atoms. The van der Waals surface area contributed by atoms with Crippen molar-refractivity contribution in [2.24, 2.45) is 0 Å². The summed E-state index contributed by atoms with van der Waals surface area (Å²) in [7, 11) is 0. The zero-order valence-electron chi connectivity index (χ0n) is 5.32. The summed E-state index contributed by atoms with van der Waals surface area (Å²) >= 11 is 0. The molecule has 9 heavy (non-hydrogen) atoms. The van der Waals surface area contributed by atoms with Gasteiger partial charge in [0, 0.05) is 25.3 Å². The van der Waals surface area contributed by atoms with Crippen molar-refractivity contribution >= 4 is 0 Å². The van der Waals surface area contributed by atoms with Gasteiger partial charge in [-0.25, -0.2) is 4.39 Å². The van der Waals surface area contributed by atoms with Crippen LogP contribution in [0.15, 0.2) is 18.2 Å². The van der Waals surface area contributed by atoms with Crippen molar-refractivity contribution in [3.63, 3.8) is 0 Å². The van der Waals surface area contributed by atoms with Crippen LogP contribution < -0.4 is 0 Å². The molecule has 0 aliphatic rings. The van der Waals surface area contributed by atoms with E-state index in [1.165, 1.54) is 6.07 Å². The maximum atomic E-state index is 12.1. The molecule has 0 saturated carbocycles. The van der Waals surface area contributed by atoms with E-state index in [1.807, 2.05) is 13.0 Å². The smallest absolute Gasteiger partial charge is 0.0111 e. The summed E-state index contributed by atoms with van der Waals surface area (Å²) in [4.78, 5) is 0. The zero-order valence-corrected chi connectivity index (χ0v) is 8.28. The number of benzene rings is 1. The van der Waals surface area contributed by atoms with Gasteiger partial charge in [0.05, 0.1) is 0 Å². The van der Waals surface area contributed by atoms with Gasteiger partial charge in [0.15, 0.2) is 0 Å². The van der Waals surface area contributed by atoms with Gasteiger partial charge >= 0.3 is 0 Å². The number of hydrogen-bond acceptors (Lipinski definition) is 0. The van der Waals surface area contributed by atoms with E-state index in [0.29, 0.717) is 0 Å². The first-order valence-electron chi connectivity index (χ1n) is 2.43. The van der Waals surface area contributed by atoms with Crippen LogP contribution in [0.5, 0.6) is 0 Å². The minimum absolute atomic E-state index is 0. The van der Waals surface area contributed by atoms with Crippen molar-refractivity contribution in [3.8, 4) is 0 Å². The van der Waals surface area contributed by atoms with Crippen molar-refractivity contribution in [2.45, 2.75) is 6.92 Å². The topological polar surface area (TPSA) is 0 Å². The Hall–Kier alpha value is -0.227. The van der Waals surface area contributed by atoms with Crippen LogP contribution in [-0.2, 0) is 19.5 Å². The Labute approximate surface area is 66.8 Å². The molecule has 0 aromatic heterocycles. The SMILES string of the molecule is Cc1cc[c-]c(F)c1.[Zn]. The van der Waals surface area contributed by atoms with E-state index in [9.17, 15) is 4.39 Å². The molecule has 1 aromatic carbocycles. The fourth-order valence-electron chi connectivity index (χ4n) is 0.542. The Bertz CT molecular complexity index is 169. The molecular weight excluding hydrogens is 168 g/mol. The molecule has 44 valence electrons. The number of halogens is 1. The summed E-state index contributed by atoms with van der Waals surface area (Å²) in [6.45, 7) is 1.84. The van der Waals surface area contributed by atoms with Crippen LogP contribution >= 0.6 is 0 Å². The van der Waals surface area contributed by atoms with Gasteiger partial charge in [-0.15, -0.1) is 12.1 Å². The molecule has 1 rings (SSSR count). The fourth-order valence-corrected chi connectivity index (χ4v) is 0.542. The van der Waals surface area contributed by atoms with Crippen LogP contribution in [0.25, 0.3) is 0 Å². The second-order valence-corrected chi connectivity index (χ2v) is 1.71. The van der Waals surface area contributed by atoms with Gasteiger partial charge in [0.1, 0.15) is 0 Å². The summed E-state index contributed by atoms with van der Waals surface area (Å²) in [5, 5.41) is 0. The van der Waals surface area contributed by atoms with Gasteiger partial charge in [-0.1, -0.05) is 6.92 Å². The monoisotopic (exact) mass is 173 g/mol. The third-order valence-electron chi connectivity index (χ3n) is 0.922. The third kappa shape index (κ3) is 2.71. The van der Waals surface area contributed by atoms with Crippen molar-refractivity contribution in [3.05, 3.63) is 35.6 Å². The maximum absolute atomic E-state index is 12.1. The standard InChI is InChI=1S/C7H6F.Zn/c1-6-3-2-4-7(8)5-6;/h2-3,5H,1H3;/q-1;. The summed E-state index contributed by atoms with van der Waals surface area (Å²) in [5.74, 6) is -0.287. The van der Waals surface area contributed by atoms with Crippen LogP contribution in [0.1, 0.15) is 5.56 Å². The Morgan fingerprint density at radius 2 is 2.22 bits per heavy atom. The van der Waals surface area contributed by atoms with Crippen LogP contribution in [0.4, 0.5) is 4.39 Å². The molecule has 0 fully saturated rings. The fraction of sp³-hybridized carbons (Fsp3) is 0.143. The van der Waals surface area contributed by atoms with Gasteiger partial charge in [-0.3, -0.25) is 0 Å². The van der Waals surface area contributed by atoms with Crippen molar-refractivity contribution < 1.29 is 23.9 Å². The molecule has 0 nitrogen and oxygen atoms in total. The molecule has 0 saturated heterocycles. The second-order valence-electron chi connectivity index (χ2n) is 1.71. The van der Waals surface area contributed by atoms with E-state index in [2.05, 4.69) is 6.07 Å². The molecule has 0 radical (unpaired) electrons. The van der Waals surface area contributed by atoms with Crippen molar-refractivity contribution in [1.82, 2.24) is 0 Å². The Morgan fingerprint density at radius 3 is 2.56 bits per heavy atom. The number of rotatable bonds is 0. The summed E-state index contributed by atoms with van der Waals surface area (Å²) in [6.07, 6.45) is 0. The van der Waals surface area contributed by atoms with Crippen LogP contribution in [0.2, 0.25) is 0 Å². The Balaban J connectivity index is 0.000000640. The van der Waals surface area contributed by atoms with Crippen LogP contribution in [0, 0.1) is 18.8 Å². The molecule has 0 aliphatic heterocycles. The van der Waals surface area contributed by atoms with Gasteiger partial charge in [0.2, 0.25) is 0 Å².